The van der Waals surface area contributed by atoms with E-state index in [2.05, 4.69) is 0 Å². The Morgan fingerprint density at radius 2 is 0.564 bits per heavy atom. The van der Waals surface area contributed by atoms with E-state index >= 15 is 0 Å². The SMILES string of the molecule is ClC1=C(Cl)C(Cl)C(Cl)=C(Cl)C1=C(C1=NC(=C(c2c(Cl)c(Cl)c(Cl)c(Cl)c2Cl)c2c(Cl)c(Cl)c(Cl)c(Cl)c2Cl)C(Cl)C(Cl)=C1Cl)c1c(Cl)c(Cl)c(Cl)c(Cl)c1Cl. The van der Waals surface area contributed by atoms with Crippen LogP contribution in [-0.4, -0.2) is 16.5 Å². The van der Waals surface area contributed by atoms with Gasteiger partial charge in [-0.15, -0.1) is 23.2 Å². The van der Waals surface area contributed by atoms with Gasteiger partial charge in [-0.25, -0.2) is 4.99 Å². The highest BCUT2D eigenvalue weighted by atomic mass is 35.5. The number of benzene rings is 3. The van der Waals surface area contributed by atoms with E-state index in [4.69, 9.17) is 272 Å². The van der Waals surface area contributed by atoms with Gasteiger partial charge in [0.25, 0.3) is 0 Å². The van der Waals surface area contributed by atoms with Gasteiger partial charge in [0.15, 0.2) is 0 Å². The monoisotopic (exact) mass is 1190 g/mol. The average molecular weight is 1200 g/mol. The minimum Gasteiger partial charge on any atom is -0.249 e. The number of dihydropyridines is 1. The Hall–Kier alpha value is 2.70. The summed E-state index contributed by atoms with van der Waals surface area (Å²) in [5, 5.41) is -8.32. The Labute approximate surface area is 427 Å². The maximum atomic E-state index is 7.06. The fourth-order valence-corrected chi connectivity index (χ4v) is 11.2. The van der Waals surface area contributed by atoms with Crippen molar-refractivity contribution >= 4 is 284 Å². The maximum absolute atomic E-state index is 7.06. The first kappa shape index (κ1) is 48.7. The number of hydrogen-bond donors (Lipinski definition) is 0. The summed E-state index contributed by atoms with van der Waals surface area (Å²) >= 11 is 154. The maximum Gasteiger partial charge on any atom is 0.113 e. The van der Waals surface area contributed by atoms with E-state index in [-0.39, 0.29) is 150 Å². The molecule has 1 aliphatic heterocycles. The van der Waals surface area contributed by atoms with Gasteiger partial charge < -0.3 is 0 Å². The molecule has 0 aromatic heterocycles. The minimum absolute atomic E-state index is 0.189. The van der Waals surface area contributed by atoms with Crippen LogP contribution in [0.3, 0.4) is 0 Å². The number of alkyl halides is 2. The van der Waals surface area contributed by atoms with Gasteiger partial charge in [0.2, 0.25) is 0 Å². The standard InChI is InChI=1S/C31H2Cl23N/c32-7-3(8(33)16(41)23(48)15(7)40)1(4-9(34)17(42)24(49)18(43)10(4)35)30-28(53)27(52)29(54)31(55-30)2(5-11(36)19(44)25(50)20(45)12(5)37)6-13(38)21(46)26(51)22(47)14(6)39/h23,29H. The topological polar surface area (TPSA) is 12.4 Å². The molecule has 0 radical (unpaired) electrons. The number of aliphatic imine (C=N–C) groups is 1. The number of hydrogen-bond acceptors (Lipinski definition) is 1. The molecule has 24 heteroatoms. The molecule has 1 heterocycles. The molecule has 1 atom stereocenters. The van der Waals surface area contributed by atoms with Crippen LogP contribution in [0, 0.1) is 0 Å². The summed E-state index contributed by atoms with van der Waals surface area (Å²) < 4.78 is 0. The molecule has 3 aromatic rings. The lowest BCUT2D eigenvalue weighted by Gasteiger charge is -2.29. The van der Waals surface area contributed by atoms with E-state index in [0.717, 1.165) is 0 Å². The highest BCUT2D eigenvalue weighted by Crippen LogP contribution is 2.58. The van der Waals surface area contributed by atoms with Crippen LogP contribution in [0.25, 0.3) is 11.1 Å². The van der Waals surface area contributed by atoms with Crippen molar-refractivity contribution < 1.29 is 0 Å². The van der Waals surface area contributed by atoms with Crippen LogP contribution in [0.5, 0.6) is 0 Å². The second kappa shape index (κ2) is 18.8. The van der Waals surface area contributed by atoms with Crippen LogP contribution < -0.4 is 0 Å². The van der Waals surface area contributed by atoms with Crippen molar-refractivity contribution in [1.82, 2.24) is 0 Å². The Morgan fingerprint density at radius 1 is 0.309 bits per heavy atom. The van der Waals surface area contributed by atoms with Gasteiger partial charge in [-0.3, -0.25) is 0 Å². The molecule has 1 aliphatic carbocycles. The normalized spacial score (nSPS) is 17.9. The predicted octanol–water partition coefficient (Wildman–Crippen LogP) is 21.5. The Kier molecular flexibility index (Phi) is 16.7. The second-order valence-electron chi connectivity index (χ2n) is 10.5. The molecular weight excluding hydrogens is 1200 g/mol. The molecule has 1 nitrogen and oxygen atoms in total. The van der Waals surface area contributed by atoms with Crippen molar-refractivity contribution in [2.45, 2.75) is 10.8 Å². The summed E-state index contributed by atoms with van der Waals surface area (Å²) in [5.74, 6) is 0. The Balaban J connectivity index is 2.17. The Bertz CT molecular complexity index is 2280. The zero-order valence-corrected chi connectivity index (χ0v) is 42.2. The highest BCUT2D eigenvalue weighted by molar-refractivity contribution is 6.64. The lowest BCUT2D eigenvalue weighted by molar-refractivity contribution is 1.13. The third-order valence-corrected chi connectivity index (χ3v) is 18.2. The highest BCUT2D eigenvalue weighted by Gasteiger charge is 2.41. The first-order chi connectivity index (χ1) is 25.4. The van der Waals surface area contributed by atoms with Gasteiger partial charge in [-0.2, -0.15) is 0 Å². The van der Waals surface area contributed by atoms with Crippen molar-refractivity contribution in [3.63, 3.8) is 0 Å². The molecule has 0 amide bonds. The van der Waals surface area contributed by atoms with Gasteiger partial charge >= 0.3 is 0 Å². The molecule has 3 aromatic carbocycles. The lowest BCUT2D eigenvalue weighted by Crippen LogP contribution is -2.21. The summed E-state index contributed by atoms with van der Waals surface area (Å²) in [4.78, 5) is 4.87. The molecule has 0 bridgehead atoms. The third kappa shape index (κ3) is 8.33. The molecule has 0 spiro atoms. The van der Waals surface area contributed by atoms with Gasteiger partial charge in [0, 0.05) is 33.4 Å². The number of nitrogens with zero attached hydrogens (tertiary/aromatic N) is 1. The lowest BCUT2D eigenvalue weighted by atomic mass is 9.89. The quantitative estimate of drug-likeness (QED) is 0.140. The van der Waals surface area contributed by atoms with E-state index in [1.807, 2.05) is 0 Å². The summed E-state index contributed by atoms with van der Waals surface area (Å²) in [5.41, 5.74) is -1.84. The minimum atomic E-state index is -1.51. The van der Waals surface area contributed by atoms with E-state index < -0.39 is 10.8 Å². The average Bonchev–Trinajstić information content (AvgIpc) is 3.16. The first-order valence-corrected chi connectivity index (χ1v) is 22.3. The molecular formula is C31H2Cl23N. The van der Waals surface area contributed by atoms with E-state index in [0.29, 0.717) is 0 Å². The molecule has 55 heavy (non-hydrogen) atoms. The molecule has 0 fully saturated rings. The fourth-order valence-electron chi connectivity index (χ4n) is 5.02. The molecule has 1 unspecified atom stereocenters. The van der Waals surface area contributed by atoms with Crippen molar-refractivity contribution in [3.8, 4) is 0 Å². The van der Waals surface area contributed by atoms with Gasteiger partial charge in [-0.1, -0.05) is 244 Å². The fraction of sp³-hybridized carbons (Fsp3) is 0.0645. The van der Waals surface area contributed by atoms with Gasteiger partial charge in [-0.05, 0) is 0 Å². The molecule has 2 aliphatic rings. The molecule has 0 saturated carbocycles. The molecule has 0 saturated heterocycles. The Morgan fingerprint density at radius 3 is 0.873 bits per heavy atom. The summed E-state index contributed by atoms with van der Waals surface area (Å²) in [6, 6.07) is 0. The van der Waals surface area contributed by atoms with Crippen LogP contribution in [0.2, 0.25) is 75.3 Å². The van der Waals surface area contributed by atoms with Crippen molar-refractivity contribution in [2.75, 3.05) is 0 Å². The number of allylic oxidation sites excluding steroid dienone is 8. The van der Waals surface area contributed by atoms with E-state index in [1.165, 1.54) is 0 Å². The van der Waals surface area contributed by atoms with Crippen molar-refractivity contribution in [3.05, 3.63) is 133 Å². The predicted molar refractivity (Wildman–Crippen MR) is 250 cm³/mol. The number of rotatable bonds is 4. The second-order valence-corrected chi connectivity index (χ2v) is 19.4. The van der Waals surface area contributed by atoms with Crippen LogP contribution in [0.4, 0.5) is 0 Å². The summed E-state index contributed by atoms with van der Waals surface area (Å²) in [6.07, 6.45) is 0. The van der Waals surface area contributed by atoms with Gasteiger partial charge in [0.05, 0.1) is 117 Å². The number of halogens is 23. The molecule has 292 valence electrons. The van der Waals surface area contributed by atoms with Crippen LogP contribution >= 0.6 is 267 Å². The molecule has 0 N–H and O–H groups in total. The zero-order chi connectivity index (χ0) is 41.6. The molecule has 5 rings (SSSR count). The summed E-state index contributed by atoms with van der Waals surface area (Å²) in [6.45, 7) is 0. The van der Waals surface area contributed by atoms with Crippen LogP contribution in [0.15, 0.2) is 46.5 Å². The van der Waals surface area contributed by atoms with Gasteiger partial charge in [0.1, 0.15) is 10.8 Å². The van der Waals surface area contributed by atoms with E-state index in [1.54, 1.807) is 0 Å². The largest absolute Gasteiger partial charge is 0.249 e. The van der Waals surface area contributed by atoms with Crippen molar-refractivity contribution in [1.29, 1.82) is 0 Å². The first-order valence-electron chi connectivity index (χ1n) is 13.5. The third-order valence-electron chi connectivity index (χ3n) is 7.54. The van der Waals surface area contributed by atoms with E-state index in [9.17, 15) is 0 Å². The summed E-state index contributed by atoms with van der Waals surface area (Å²) in [7, 11) is 0. The zero-order valence-electron chi connectivity index (χ0n) is 24.8. The van der Waals surface area contributed by atoms with Crippen LogP contribution in [0.1, 0.15) is 16.7 Å². The van der Waals surface area contributed by atoms with Crippen molar-refractivity contribution in [2.24, 2.45) is 4.99 Å². The smallest absolute Gasteiger partial charge is 0.113 e. The van der Waals surface area contributed by atoms with Crippen LogP contribution in [-0.2, 0) is 0 Å².